The Morgan fingerprint density at radius 3 is 2.38 bits per heavy atom. The van der Waals surface area contributed by atoms with Crippen molar-refractivity contribution < 1.29 is 14.5 Å². The molecule has 132 valence electrons. The lowest BCUT2D eigenvalue weighted by molar-refractivity contribution is -0.387. The normalized spacial score (nSPS) is 15.3. The number of rotatable bonds is 3. The Hall–Kier alpha value is -1.96. The zero-order valence-corrected chi connectivity index (χ0v) is 15.3. The van der Waals surface area contributed by atoms with E-state index >= 15 is 0 Å². The highest BCUT2D eigenvalue weighted by atomic mass is 32.2. The summed E-state index contributed by atoms with van der Waals surface area (Å²) in [7, 11) is 0. The molecule has 0 aromatic heterocycles. The maximum Gasteiger partial charge on any atom is 0.410 e. The first kappa shape index (κ1) is 18.4. The summed E-state index contributed by atoms with van der Waals surface area (Å²) in [6.45, 7) is 7.83. The highest BCUT2D eigenvalue weighted by Gasteiger charge is 2.26. The van der Waals surface area contributed by atoms with Gasteiger partial charge in [0.15, 0.2) is 0 Å². The monoisotopic (exact) mass is 353 g/mol. The van der Waals surface area contributed by atoms with Gasteiger partial charge in [0.25, 0.3) is 5.69 Å². The zero-order valence-electron chi connectivity index (χ0n) is 14.4. The molecule has 1 aliphatic rings. The predicted octanol–water partition coefficient (Wildman–Crippen LogP) is 3.37. The van der Waals surface area contributed by atoms with Gasteiger partial charge in [0, 0.05) is 37.9 Å². The Labute approximate surface area is 146 Å². The van der Waals surface area contributed by atoms with Crippen LogP contribution in [0.2, 0.25) is 0 Å². The van der Waals surface area contributed by atoms with Crippen molar-refractivity contribution in [3.63, 3.8) is 0 Å². The van der Waals surface area contributed by atoms with E-state index in [9.17, 15) is 14.9 Å². The van der Waals surface area contributed by atoms with Crippen molar-refractivity contribution in [3.05, 3.63) is 28.3 Å². The fourth-order valence-electron chi connectivity index (χ4n) is 2.49. The largest absolute Gasteiger partial charge is 0.444 e. The number of nitrogens with zero attached hydrogens (tertiary/aromatic N) is 3. The third kappa shape index (κ3) is 4.53. The van der Waals surface area contributed by atoms with E-state index in [-0.39, 0.29) is 16.7 Å². The molecule has 2 rings (SSSR count). The summed E-state index contributed by atoms with van der Waals surface area (Å²) in [4.78, 5) is 27.3. The molecule has 1 aromatic carbocycles. The molecule has 0 bridgehead atoms. The van der Waals surface area contributed by atoms with Crippen molar-refractivity contribution in [1.29, 1.82) is 0 Å². The minimum atomic E-state index is -0.511. The highest BCUT2D eigenvalue weighted by Crippen LogP contribution is 2.32. The Morgan fingerprint density at radius 2 is 1.88 bits per heavy atom. The molecule has 1 aliphatic heterocycles. The summed E-state index contributed by atoms with van der Waals surface area (Å²) in [6.07, 6.45) is 1.51. The van der Waals surface area contributed by atoms with E-state index in [0.29, 0.717) is 31.1 Å². The molecule has 0 radical (unpaired) electrons. The third-order valence-corrected chi connectivity index (χ3v) is 4.44. The van der Waals surface area contributed by atoms with E-state index in [1.165, 1.54) is 11.8 Å². The minimum Gasteiger partial charge on any atom is -0.444 e. The first-order valence-corrected chi connectivity index (χ1v) is 8.99. The molecule has 1 heterocycles. The number of amides is 1. The van der Waals surface area contributed by atoms with Crippen molar-refractivity contribution >= 4 is 29.2 Å². The lowest BCUT2D eigenvalue weighted by Crippen LogP contribution is -2.50. The number of nitro benzene ring substituents is 1. The molecule has 0 N–H and O–H groups in total. The van der Waals surface area contributed by atoms with Crippen molar-refractivity contribution in [2.24, 2.45) is 0 Å². The van der Waals surface area contributed by atoms with Crippen LogP contribution in [0.15, 0.2) is 23.1 Å². The molecule has 1 fully saturated rings. The Balaban J connectivity index is 2.03. The van der Waals surface area contributed by atoms with Gasteiger partial charge >= 0.3 is 6.09 Å². The van der Waals surface area contributed by atoms with Crippen LogP contribution in [0.3, 0.4) is 0 Å². The predicted molar refractivity (Wildman–Crippen MR) is 94.9 cm³/mol. The Bertz CT molecular complexity index is 622. The summed E-state index contributed by atoms with van der Waals surface area (Å²) >= 11 is 1.36. The van der Waals surface area contributed by atoms with E-state index in [0.717, 1.165) is 5.69 Å². The number of carbonyl (C=O) groups excluding carboxylic acids is 1. The minimum absolute atomic E-state index is 0.120. The van der Waals surface area contributed by atoms with E-state index in [1.807, 2.05) is 33.1 Å². The van der Waals surface area contributed by atoms with E-state index < -0.39 is 5.60 Å². The SMILES string of the molecule is CSc1ccc(N2CCN(C(=O)OC(C)(C)C)CC2)cc1[N+](=O)[O-]. The summed E-state index contributed by atoms with van der Waals surface area (Å²) in [5, 5.41) is 11.2. The highest BCUT2D eigenvalue weighted by molar-refractivity contribution is 7.98. The Morgan fingerprint density at radius 1 is 1.25 bits per heavy atom. The van der Waals surface area contributed by atoms with Gasteiger partial charge in [0.2, 0.25) is 0 Å². The van der Waals surface area contributed by atoms with Gasteiger partial charge in [-0.05, 0) is 39.2 Å². The molecule has 0 aliphatic carbocycles. The number of carbonyl (C=O) groups is 1. The summed E-state index contributed by atoms with van der Waals surface area (Å²) < 4.78 is 5.38. The van der Waals surface area contributed by atoms with Gasteiger partial charge in [0.05, 0.1) is 9.82 Å². The Kier molecular flexibility index (Phi) is 5.58. The van der Waals surface area contributed by atoms with Gasteiger partial charge in [0.1, 0.15) is 5.60 Å². The van der Waals surface area contributed by atoms with Crippen LogP contribution in [-0.2, 0) is 4.74 Å². The molecule has 0 atom stereocenters. The quantitative estimate of drug-likeness (QED) is 0.471. The smallest absolute Gasteiger partial charge is 0.410 e. The molecule has 1 amide bonds. The number of hydrogen-bond acceptors (Lipinski definition) is 6. The van der Waals surface area contributed by atoms with E-state index in [2.05, 4.69) is 4.90 Å². The van der Waals surface area contributed by atoms with E-state index in [1.54, 1.807) is 17.0 Å². The van der Waals surface area contributed by atoms with Crippen molar-refractivity contribution in [1.82, 2.24) is 4.90 Å². The molecular weight excluding hydrogens is 330 g/mol. The fourth-order valence-corrected chi connectivity index (χ4v) is 3.04. The van der Waals surface area contributed by atoms with Gasteiger partial charge in [-0.3, -0.25) is 10.1 Å². The van der Waals surface area contributed by atoms with Crippen molar-refractivity contribution in [2.45, 2.75) is 31.3 Å². The van der Waals surface area contributed by atoms with Crippen LogP contribution in [0.4, 0.5) is 16.2 Å². The second-order valence-electron chi connectivity index (χ2n) is 6.57. The fraction of sp³-hybridized carbons (Fsp3) is 0.562. The average Bonchev–Trinajstić information content (AvgIpc) is 2.52. The molecular formula is C16H23N3O4S. The number of piperazine rings is 1. The molecule has 1 aromatic rings. The van der Waals surface area contributed by atoms with Crippen LogP contribution in [0.5, 0.6) is 0 Å². The maximum atomic E-state index is 12.1. The lowest BCUT2D eigenvalue weighted by atomic mass is 10.2. The third-order valence-electron chi connectivity index (χ3n) is 3.66. The molecule has 24 heavy (non-hydrogen) atoms. The number of hydrogen-bond donors (Lipinski definition) is 0. The van der Waals surface area contributed by atoms with Crippen LogP contribution in [-0.4, -0.2) is 54.0 Å². The summed E-state index contributed by atoms with van der Waals surface area (Å²) in [5.74, 6) is 0. The molecule has 7 nitrogen and oxygen atoms in total. The van der Waals surface area contributed by atoms with Crippen molar-refractivity contribution in [3.8, 4) is 0 Å². The molecule has 0 saturated carbocycles. The summed E-state index contributed by atoms with van der Waals surface area (Å²) in [6, 6.07) is 5.27. The first-order valence-electron chi connectivity index (χ1n) is 7.76. The van der Waals surface area contributed by atoms with Crippen LogP contribution >= 0.6 is 11.8 Å². The van der Waals surface area contributed by atoms with Crippen LogP contribution in [0, 0.1) is 10.1 Å². The van der Waals surface area contributed by atoms with Gasteiger partial charge in [-0.2, -0.15) is 0 Å². The van der Waals surface area contributed by atoms with E-state index in [4.69, 9.17) is 4.74 Å². The van der Waals surface area contributed by atoms with Crippen LogP contribution in [0.25, 0.3) is 0 Å². The van der Waals surface area contributed by atoms with Crippen LogP contribution < -0.4 is 4.90 Å². The molecule has 0 unspecified atom stereocenters. The first-order chi connectivity index (χ1) is 11.2. The lowest BCUT2D eigenvalue weighted by Gasteiger charge is -2.36. The average molecular weight is 353 g/mol. The van der Waals surface area contributed by atoms with Gasteiger partial charge in [-0.1, -0.05) is 0 Å². The second kappa shape index (κ2) is 7.29. The second-order valence-corrected chi connectivity index (χ2v) is 7.42. The number of benzene rings is 1. The zero-order chi connectivity index (χ0) is 17.9. The number of nitro groups is 1. The van der Waals surface area contributed by atoms with Gasteiger partial charge < -0.3 is 14.5 Å². The number of thioether (sulfide) groups is 1. The van der Waals surface area contributed by atoms with Crippen LogP contribution in [0.1, 0.15) is 20.8 Å². The van der Waals surface area contributed by atoms with Gasteiger partial charge in [-0.15, -0.1) is 11.8 Å². The van der Waals surface area contributed by atoms with Gasteiger partial charge in [-0.25, -0.2) is 4.79 Å². The standard InChI is InChI=1S/C16H23N3O4S/c1-16(2,3)23-15(20)18-9-7-17(8-10-18)12-5-6-14(24-4)13(11-12)19(21)22/h5-6,11H,7-10H2,1-4H3. The number of ether oxygens (including phenoxy) is 1. The molecule has 0 spiro atoms. The molecule has 8 heteroatoms. The summed E-state index contributed by atoms with van der Waals surface area (Å²) in [5.41, 5.74) is 0.417. The number of anilines is 1. The van der Waals surface area contributed by atoms with Crippen molar-refractivity contribution in [2.75, 3.05) is 37.3 Å². The topological polar surface area (TPSA) is 75.9 Å². The molecule has 1 saturated heterocycles. The maximum absolute atomic E-state index is 12.1.